The first-order chi connectivity index (χ1) is 8.18. The summed E-state index contributed by atoms with van der Waals surface area (Å²) < 4.78 is 36.1. The van der Waals surface area contributed by atoms with E-state index in [2.05, 4.69) is 0 Å². The Balaban J connectivity index is 2.32. The normalized spacial score (nSPS) is 20.6. The molecule has 0 atom stereocenters. The Hall–Kier alpha value is -1.63. The average molecular weight is 272 g/mol. The molecule has 1 aliphatic heterocycles. The maximum absolute atomic E-state index is 13.1. The quantitative estimate of drug-likeness (QED) is 0.810. The van der Waals surface area contributed by atoms with E-state index in [4.69, 9.17) is 5.73 Å². The van der Waals surface area contributed by atoms with Gasteiger partial charge in [-0.25, -0.2) is 17.1 Å². The number of halogens is 1. The Morgan fingerprint density at radius 2 is 2.00 bits per heavy atom. The van der Waals surface area contributed by atoms with Gasteiger partial charge in [0.2, 0.25) is 0 Å². The third-order valence-corrected chi connectivity index (χ3v) is 5.44. The molecule has 1 amide bonds. The van der Waals surface area contributed by atoms with E-state index >= 15 is 0 Å². The molecular formula is C11H13FN2O3S. The summed E-state index contributed by atoms with van der Waals surface area (Å²) in [6, 6.07) is 3.64. The molecule has 0 bridgehead atoms. The van der Waals surface area contributed by atoms with Gasteiger partial charge in [-0.05, 0) is 37.6 Å². The molecule has 7 heteroatoms. The second-order valence-electron chi connectivity index (χ2n) is 4.67. The van der Waals surface area contributed by atoms with Crippen LogP contribution in [-0.4, -0.2) is 23.4 Å². The summed E-state index contributed by atoms with van der Waals surface area (Å²) >= 11 is 0. The van der Waals surface area contributed by atoms with Crippen LogP contribution in [0.1, 0.15) is 19.4 Å². The van der Waals surface area contributed by atoms with Crippen molar-refractivity contribution in [2.45, 2.75) is 25.1 Å². The number of carbonyl (C=O) groups excluding carboxylic acids is 1. The molecule has 0 aromatic heterocycles. The van der Waals surface area contributed by atoms with Crippen molar-refractivity contribution in [1.29, 1.82) is 0 Å². The van der Waals surface area contributed by atoms with Gasteiger partial charge in [-0.3, -0.25) is 4.79 Å². The lowest BCUT2D eigenvalue weighted by molar-refractivity contribution is -0.132. The van der Waals surface area contributed by atoms with E-state index in [0.29, 0.717) is 0 Å². The number of sulfonamides is 1. The van der Waals surface area contributed by atoms with Crippen LogP contribution in [0.25, 0.3) is 0 Å². The largest absolute Gasteiger partial charge is 0.398 e. The zero-order valence-electron chi connectivity index (χ0n) is 9.97. The fraction of sp³-hybridized carbons (Fsp3) is 0.364. The van der Waals surface area contributed by atoms with E-state index in [1.807, 2.05) is 0 Å². The molecule has 1 aromatic rings. The molecule has 18 heavy (non-hydrogen) atoms. The van der Waals surface area contributed by atoms with E-state index < -0.39 is 26.5 Å². The van der Waals surface area contributed by atoms with Crippen LogP contribution in [-0.2, 0) is 21.4 Å². The molecule has 5 nitrogen and oxygen atoms in total. The second-order valence-corrected chi connectivity index (χ2v) is 7.08. The summed E-state index contributed by atoms with van der Waals surface area (Å²) in [4.78, 5) is 11.7. The van der Waals surface area contributed by atoms with Gasteiger partial charge in [0.1, 0.15) is 5.82 Å². The van der Waals surface area contributed by atoms with Gasteiger partial charge in [0.15, 0.2) is 4.75 Å². The summed E-state index contributed by atoms with van der Waals surface area (Å²) in [7, 11) is -3.67. The minimum absolute atomic E-state index is 0.228. The highest BCUT2D eigenvalue weighted by Crippen LogP contribution is 2.36. The standard InChI is InChI=1S/C11H13FN2O3S/c1-11(2)10(15)14(18(11,16)17)6-7-5-8(12)3-4-9(7)13/h3-5H,6,13H2,1-2H3. The average Bonchev–Trinajstić information content (AvgIpc) is 2.28. The van der Waals surface area contributed by atoms with E-state index in [1.165, 1.54) is 26.0 Å². The van der Waals surface area contributed by atoms with Gasteiger partial charge in [-0.15, -0.1) is 0 Å². The first kappa shape index (κ1) is 12.8. The molecule has 1 fully saturated rings. The predicted octanol–water partition coefficient (Wildman–Crippen LogP) is 0.859. The summed E-state index contributed by atoms with van der Waals surface area (Å²) in [5.41, 5.74) is 6.15. The van der Waals surface area contributed by atoms with Crippen LogP contribution in [0.2, 0.25) is 0 Å². The number of hydrogen-bond acceptors (Lipinski definition) is 4. The number of rotatable bonds is 2. The number of amides is 1. The van der Waals surface area contributed by atoms with Gasteiger partial charge < -0.3 is 5.73 Å². The van der Waals surface area contributed by atoms with Crippen molar-refractivity contribution >= 4 is 21.6 Å². The lowest BCUT2D eigenvalue weighted by Crippen LogP contribution is -2.66. The molecule has 1 aromatic carbocycles. The third-order valence-electron chi connectivity index (χ3n) is 3.10. The molecule has 0 unspecified atom stereocenters. The van der Waals surface area contributed by atoms with Crippen molar-refractivity contribution in [2.75, 3.05) is 5.73 Å². The highest BCUT2D eigenvalue weighted by Gasteiger charge is 2.59. The molecule has 2 N–H and O–H groups in total. The van der Waals surface area contributed by atoms with Crippen molar-refractivity contribution in [3.63, 3.8) is 0 Å². The predicted molar refractivity (Wildman–Crippen MR) is 64.4 cm³/mol. The first-order valence-electron chi connectivity index (χ1n) is 5.28. The maximum Gasteiger partial charge on any atom is 0.259 e. The van der Waals surface area contributed by atoms with Crippen LogP contribution in [0, 0.1) is 5.82 Å². The summed E-state index contributed by atoms with van der Waals surface area (Å²) in [6.45, 7) is 2.46. The molecular weight excluding hydrogens is 259 g/mol. The van der Waals surface area contributed by atoms with Crippen molar-refractivity contribution in [1.82, 2.24) is 4.31 Å². The number of carbonyl (C=O) groups is 1. The summed E-state index contributed by atoms with van der Waals surface area (Å²) in [5, 5.41) is 0. The number of nitrogen functional groups attached to an aromatic ring is 1. The van der Waals surface area contributed by atoms with Gasteiger partial charge in [-0.2, -0.15) is 0 Å². The van der Waals surface area contributed by atoms with Gasteiger partial charge in [0.05, 0.1) is 6.54 Å². The van der Waals surface area contributed by atoms with E-state index in [1.54, 1.807) is 0 Å². The molecule has 98 valence electrons. The minimum atomic E-state index is -3.67. The lowest BCUT2D eigenvalue weighted by atomic mass is 10.1. The highest BCUT2D eigenvalue weighted by molar-refractivity contribution is 7.94. The number of nitrogens with zero attached hydrogens (tertiary/aromatic N) is 1. The number of nitrogens with two attached hydrogens (primary N) is 1. The topological polar surface area (TPSA) is 80.5 Å². The van der Waals surface area contributed by atoms with E-state index in [-0.39, 0.29) is 17.8 Å². The van der Waals surface area contributed by atoms with Gasteiger partial charge in [0, 0.05) is 5.69 Å². The maximum atomic E-state index is 13.1. The second kappa shape index (κ2) is 3.68. The van der Waals surface area contributed by atoms with Crippen LogP contribution >= 0.6 is 0 Å². The molecule has 1 aliphatic rings. The molecule has 1 saturated heterocycles. The summed E-state index contributed by atoms with van der Waals surface area (Å²) in [6.07, 6.45) is 0. The van der Waals surface area contributed by atoms with E-state index in [9.17, 15) is 17.6 Å². The van der Waals surface area contributed by atoms with Crippen LogP contribution in [0.4, 0.5) is 10.1 Å². The van der Waals surface area contributed by atoms with Crippen LogP contribution in [0.15, 0.2) is 18.2 Å². The molecule has 0 spiro atoms. The van der Waals surface area contributed by atoms with Crippen molar-refractivity contribution in [3.8, 4) is 0 Å². The zero-order chi connectivity index (χ0) is 13.7. The van der Waals surface area contributed by atoms with E-state index in [0.717, 1.165) is 10.4 Å². The number of benzene rings is 1. The minimum Gasteiger partial charge on any atom is -0.398 e. The fourth-order valence-electron chi connectivity index (χ4n) is 1.78. The molecule has 0 radical (unpaired) electrons. The lowest BCUT2D eigenvalue weighted by Gasteiger charge is -2.43. The fourth-order valence-corrected chi connectivity index (χ4v) is 3.28. The van der Waals surface area contributed by atoms with Crippen molar-refractivity contribution in [2.24, 2.45) is 0 Å². The van der Waals surface area contributed by atoms with Gasteiger partial charge in [-0.1, -0.05) is 0 Å². The SMILES string of the molecule is CC1(C)C(=O)N(Cc2cc(F)ccc2N)S1(=O)=O. The Labute approximate surface area is 104 Å². The monoisotopic (exact) mass is 272 g/mol. The highest BCUT2D eigenvalue weighted by atomic mass is 32.2. The van der Waals surface area contributed by atoms with Crippen LogP contribution < -0.4 is 5.73 Å². The smallest absolute Gasteiger partial charge is 0.259 e. The Morgan fingerprint density at radius 3 is 2.56 bits per heavy atom. The van der Waals surface area contributed by atoms with Crippen molar-refractivity contribution in [3.05, 3.63) is 29.6 Å². The first-order valence-corrected chi connectivity index (χ1v) is 6.72. The Kier molecular flexibility index (Phi) is 2.62. The zero-order valence-corrected chi connectivity index (χ0v) is 10.8. The van der Waals surface area contributed by atoms with Crippen molar-refractivity contribution < 1.29 is 17.6 Å². The Morgan fingerprint density at radius 1 is 1.39 bits per heavy atom. The Bertz CT molecular complexity index is 625. The molecule has 0 aliphatic carbocycles. The van der Waals surface area contributed by atoms with Crippen LogP contribution in [0.5, 0.6) is 0 Å². The van der Waals surface area contributed by atoms with Crippen LogP contribution in [0.3, 0.4) is 0 Å². The summed E-state index contributed by atoms with van der Waals surface area (Å²) in [5.74, 6) is -1.03. The third kappa shape index (κ3) is 1.58. The molecule has 1 heterocycles. The number of hydrogen-bond donors (Lipinski definition) is 1. The number of anilines is 1. The molecule has 2 rings (SSSR count). The van der Waals surface area contributed by atoms with Gasteiger partial charge >= 0.3 is 0 Å². The molecule has 0 saturated carbocycles. The van der Waals surface area contributed by atoms with Gasteiger partial charge in [0.25, 0.3) is 15.9 Å².